The topological polar surface area (TPSA) is 54.6 Å². The van der Waals surface area contributed by atoms with Gasteiger partial charge in [-0.15, -0.1) is 11.3 Å². The Labute approximate surface area is 134 Å². The molecule has 1 N–H and O–H groups in total. The van der Waals surface area contributed by atoms with Crippen LogP contribution in [0.4, 0.5) is 0 Å². The van der Waals surface area contributed by atoms with E-state index in [1.807, 2.05) is 34.0 Å². The number of carboxylic acids is 1. The molecule has 4 nitrogen and oxygen atoms in total. The first-order chi connectivity index (χ1) is 10.6. The van der Waals surface area contributed by atoms with Crippen LogP contribution < -0.4 is 0 Å². The number of imidazole rings is 1. The number of benzene rings is 2. The molecule has 4 rings (SSSR count). The van der Waals surface area contributed by atoms with Crippen LogP contribution in [0.1, 0.15) is 10.4 Å². The molecule has 2 aromatic heterocycles. The third-order valence-electron chi connectivity index (χ3n) is 3.53. The van der Waals surface area contributed by atoms with Gasteiger partial charge in [-0.2, -0.15) is 0 Å². The minimum Gasteiger partial charge on any atom is -0.478 e. The number of halogens is 1. The maximum absolute atomic E-state index is 11.2. The second-order valence-electron chi connectivity index (χ2n) is 4.87. The second-order valence-corrected chi connectivity index (χ2v) is 6.14. The largest absolute Gasteiger partial charge is 0.478 e. The van der Waals surface area contributed by atoms with Crippen molar-refractivity contribution in [2.45, 2.75) is 0 Å². The molecule has 2 heterocycles. The summed E-state index contributed by atoms with van der Waals surface area (Å²) in [4.78, 5) is 16.6. The standard InChI is InChI=1S/C16H9ClN2O2S/c17-11-4-1-9(2-5-11)14-8-22-16-18-12-6-3-10(15(20)21)7-13(12)19(14)16/h1-8H,(H,20,21). The van der Waals surface area contributed by atoms with E-state index in [9.17, 15) is 9.90 Å². The number of thiazole rings is 1. The first-order valence-electron chi connectivity index (χ1n) is 6.52. The SMILES string of the molecule is O=C(O)c1ccc2nc3scc(-c4ccc(Cl)cc4)n3c2c1. The molecule has 0 fully saturated rings. The van der Waals surface area contributed by atoms with Crippen LogP contribution >= 0.6 is 22.9 Å². The van der Waals surface area contributed by atoms with E-state index in [0.29, 0.717) is 5.02 Å². The van der Waals surface area contributed by atoms with Crippen LogP contribution in [0.3, 0.4) is 0 Å². The zero-order chi connectivity index (χ0) is 15.3. The molecule has 22 heavy (non-hydrogen) atoms. The number of aromatic nitrogens is 2. The van der Waals surface area contributed by atoms with E-state index in [1.165, 1.54) is 11.3 Å². The molecule has 0 radical (unpaired) electrons. The van der Waals surface area contributed by atoms with Gasteiger partial charge in [-0.3, -0.25) is 4.40 Å². The van der Waals surface area contributed by atoms with Crippen LogP contribution in [0, 0.1) is 0 Å². The van der Waals surface area contributed by atoms with Gasteiger partial charge in [0.05, 0.1) is 22.3 Å². The van der Waals surface area contributed by atoms with Gasteiger partial charge in [0.15, 0.2) is 4.96 Å². The summed E-state index contributed by atoms with van der Waals surface area (Å²) in [7, 11) is 0. The third-order valence-corrected chi connectivity index (χ3v) is 4.61. The molecule has 0 aliphatic heterocycles. The summed E-state index contributed by atoms with van der Waals surface area (Å²) in [5, 5.41) is 11.9. The van der Waals surface area contributed by atoms with Crippen molar-refractivity contribution in [3.63, 3.8) is 0 Å². The molecule has 0 unspecified atom stereocenters. The van der Waals surface area contributed by atoms with Crippen LogP contribution in [-0.4, -0.2) is 20.5 Å². The molecule has 0 aliphatic carbocycles. The van der Waals surface area contributed by atoms with E-state index in [4.69, 9.17) is 11.6 Å². The molecule has 0 spiro atoms. The van der Waals surface area contributed by atoms with Crippen molar-refractivity contribution in [1.29, 1.82) is 0 Å². The van der Waals surface area contributed by atoms with Gasteiger partial charge in [0.1, 0.15) is 0 Å². The zero-order valence-electron chi connectivity index (χ0n) is 11.2. The molecule has 0 aliphatic rings. The lowest BCUT2D eigenvalue weighted by Crippen LogP contribution is -1.96. The number of hydrogen-bond acceptors (Lipinski definition) is 3. The summed E-state index contributed by atoms with van der Waals surface area (Å²) in [6, 6.07) is 12.5. The van der Waals surface area contributed by atoms with Crippen molar-refractivity contribution in [2.24, 2.45) is 0 Å². The Morgan fingerprint density at radius 2 is 1.95 bits per heavy atom. The van der Waals surface area contributed by atoms with E-state index in [-0.39, 0.29) is 5.56 Å². The highest BCUT2D eigenvalue weighted by molar-refractivity contribution is 7.15. The summed E-state index contributed by atoms with van der Waals surface area (Å²) in [6.45, 7) is 0. The highest BCUT2D eigenvalue weighted by Gasteiger charge is 2.14. The molecular weight excluding hydrogens is 320 g/mol. The summed E-state index contributed by atoms with van der Waals surface area (Å²) in [6.07, 6.45) is 0. The normalized spacial score (nSPS) is 11.3. The Hall–Kier alpha value is -2.37. The fourth-order valence-electron chi connectivity index (χ4n) is 2.48. The van der Waals surface area contributed by atoms with E-state index in [2.05, 4.69) is 4.98 Å². The highest BCUT2D eigenvalue weighted by atomic mass is 35.5. The van der Waals surface area contributed by atoms with Gasteiger partial charge in [-0.25, -0.2) is 9.78 Å². The van der Waals surface area contributed by atoms with Crippen LogP contribution in [-0.2, 0) is 0 Å². The number of nitrogens with zero attached hydrogens (tertiary/aromatic N) is 2. The van der Waals surface area contributed by atoms with Crippen LogP contribution in [0.25, 0.3) is 27.3 Å². The predicted octanol–water partition coefficient (Wildman–Crippen LogP) is 4.57. The number of hydrogen-bond donors (Lipinski definition) is 1. The van der Waals surface area contributed by atoms with Crippen LogP contribution in [0.5, 0.6) is 0 Å². The van der Waals surface area contributed by atoms with Crippen molar-refractivity contribution < 1.29 is 9.90 Å². The summed E-state index contributed by atoms with van der Waals surface area (Å²) in [5.41, 5.74) is 3.81. The Balaban J connectivity index is 2.03. The lowest BCUT2D eigenvalue weighted by Gasteiger charge is -2.02. The monoisotopic (exact) mass is 328 g/mol. The molecule has 108 valence electrons. The van der Waals surface area contributed by atoms with Gasteiger partial charge < -0.3 is 5.11 Å². The number of fused-ring (bicyclic) bond motifs is 3. The molecule has 0 amide bonds. The first kappa shape index (κ1) is 13.3. The van der Waals surface area contributed by atoms with Crippen molar-refractivity contribution in [3.8, 4) is 11.3 Å². The number of aromatic carboxylic acids is 1. The maximum atomic E-state index is 11.2. The summed E-state index contributed by atoms with van der Waals surface area (Å²) < 4.78 is 1.98. The zero-order valence-corrected chi connectivity index (χ0v) is 12.7. The summed E-state index contributed by atoms with van der Waals surface area (Å²) >= 11 is 7.46. The van der Waals surface area contributed by atoms with E-state index in [1.54, 1.807) is 18.2 Å². The molecular formula is C16H9ClN2O2S. The van der Waals surface area contributed by atoms with Gasteiger partial charge in [-0.1, -0.05) is 23.7 Å². The fraction of sp³-hybridized carbons (Fsp3) is 0. The minimum absolute atomic E-state index is 0.252. The number of rotatable bonds is 2. The van der Waals surface area contributed by atoms with Crippen molar-refractivity contribution >= 4 is 44.9 Å². The Bertz CT molecular complexity index is 1020. The molecule has 2 aromatic carbocycles. The smallest absolute Gasteiger partial charge is 0.335 e. The number of carbonyl (C=O) groups is 1. The van der Waals surface area contributed by atoms with E-state index >= 15 is 0 Å². The second kappa shape index (κ2) is 4.83. The lowest BCUT2D eigenvalue weighted by atomic mass is 10.1. The molecule has 4 aromatic rings. The van der Waals surface area contributed by atoms with Gasteiger partial charge in [0.25, 0.3) is 0 Å². The van der Waals surface area contributed by atoms with Crippen molar-refractivity contribution in [1.82, 2.24) is 9.38 Å². The van der Waals surface area contributed by atoms with Crippen LogP contribution in [0.15, 0.2) is 47.8 Å². The predicted molar refractivity (Wildman–Crippen MR) is 88.0 cm³/mol. The minimum atomic E-state index is -0.944. The molecule has 0 bridgehead atoms. The first-order valence-corrected chi connectivity index (χ1v) is 7.78. The Morgan fingerprint density at radius 1 is 1.18 bits per heavy atom. The number of carboxylic acid groups (broad SMARTS) is 1. The Morgan fingerprint density at radius 3 is 2.68 bits per heavy atom. The molecule has 0 saturated heterocycles. The van der Waals surface area contributed by atoms with Crippen molar-refractivity contribution in [2.75, 3.05) is 0 Å². The molecule has 0 saturated carbocycles. The van der Waals surface area contributed by atoms with E-state index < -0.39 is 5.97 Å². The maximum Gasteiger partial charge on any atom is 0.335 e. The average molecular weight is 329 g/mol. The van der Waals surface area contributed by atoms with Gasteiger partial charge in [0.2, 0.25) is 0 Å². The average Bonchev–Trinajstić information content (AvgIpc) is 3.06. The highest BCUT2D eigenvalue weighted by Crippen LogP contribution is 2.31. The Kier molecular flexibility index (Phi) is 2.92. The lowest BCUT2D eigenvalue weighted by molar-refractivity contribution is 0.0697. The molecule has 0 atom stereocenters. The summed E-state index contributed by atoms with van der Waals surface area (Å²) in [5.74, 6) is -0.944. The fourth-order valence-corrected chi connectivity index (χ4v) is 3.51. The van der Waals surface area contributed by atoms with Crippen molar-refractivity contribution in [3.05, 3.63) is 58.4 Å². The molecule has 6 heteroatoms. The third kappa shape index (κ3) is 1.98. The van der Waals surface area contributed by atoms with E-state index in [0.717, 1.165) is 27.3 Å². The van der Waals surface area contributed by atoms with Gasteiger partial charge in [0, 0.05) is 10.4 Å². The van der Waals surface area contributed by atoms with Gasteiger partial charge in [-0.05, 0) is 35.9 Å². The quantitative estimate of drug-likeness (QED) is 0.586. The van der Waals surface area contributed by atoms with Gasteiger partial charge >= 0.3 is 5.97 Å². The van der Waals surface area contributed by atoms with Crippen LogP contribution in [0.2, 0.25) is 5.02 Å².